The minimum Gasteiger partial charge on any atom is -0.405 e. The maximum Gasteiger partial charge on any atom is 0.238 e. The Kier molecular flexibility index (Phi) is 8.42. The van der Waals surface area contributed by atoms with Gasteiger partial charge in [0.05, 0.1) is 21.4 Å². The number of nitrogens with zero attached hydrogens (tertiary/aromatic N) is 1. The van der Waals surface area contributed by atoms with Crippen LogP contribution in [0.5, 0.6) is 5.75 Å². The second-order valence-electron chi connectivity index (χ2n) is 11.1. The van der Waals surface area contributed by atoms with E-state index < -0.39 is 38.4 Å². The molecule has 226 valence electrons. The Labute approximate surface area is 272 Å². The molecule has 4 atom stereocenters. The number of hydrogen-bond donors (Lipinski definition) is 3. The Morgan fingerprint density at radius 1 is 1.05 bits per heavy atom. The third-order valence-electron chi connectivity index (χ3n) is 8.55. The van der Waals surface area contributed by atoms with Crippen molar-refractivity contribution in [1.82, 2.24) is 10.4 Å². The molecule has 9 nitrogen and oxygen atoms in total. The van der Waals surface area contributed by atoms with Crippen molar-refractivity contribution in [2.24, 2.45) is 0 Å². The molecule has 2 amide bonds. The highest BCUT2D eigenvalue weighted by molar-refractivity contribution is 14.1. The Hall–Kier alpha value is -2.42. The quantitative estimate of drug-likeness (QED) is 0.304. The van der Waals surface area contributed by atoms with Crippen LogP contribution in [0.2, 0.25) is 10.0 Å². The summed E-state index contributed by atoms with van der Waals surface area (Å²) in [7, 11) is -3.62. The van der Waals surface area contributed by atoms with Gasteiger partial charge in [0, 0.05) is 34.6 Å². The van der Waals surface area contributed by atoms with Crippen LogP contribution in [-0.2, 0) is 24.8 Å². The first-order valence-corrected chi connectivity index (χ1v) is 17.3. The first-order chi connectivity index (χ1) is 20.5. The fourth-order valence-electron chi connectivity index (χ4n) is 6.59. The molecule has 3 heterocycles. The van der Waals surface area contributed by atoms with E-state index in [0.717, 1.165) is 11.1 Å². The predicted molar refractivity (Wildman–Crippen MR) is 172 cm³/mol. The van der Waals surface area contributed by atoms with Crippen molar-refractivity contribution in [1.29, 1.82) is 0 Å². The lowest BCUT2D eigenvalue weighted by molar-refractivity contribution is -0.131. The second-order valence-corrected chi connectivity index (χ2v) is 15.3. The second kappa shape index (κ2) is 11.8. The number of aliphatic hydroxyl groups excluding tert-OH is 1. The number of amides is 2. The van der Waals surface area contributed by atoms with E-state index in [9.17, 15) is 23.1 Å². The molecule has 3 aromatic carbocycles. The Balaban J connectivity index is 1.40. The normalized spacial score (nSPS) is 25.7. The highest BCUT2D eigenvalue weighted by atomic mass is 127. The molecule has 2 saturated heterocycles. The number of hydroxylamine groups is 2. The molecule has 3 N–H and O–H groups in total. The smallest absolute Gasteiger partial charge is 0.238 e. The summed E-state index contributed by atoms with van der Waals surface area (Å²) in [6, 6.07) is 17.3. The Bertz CT molecular complexity index is 1720. The van der Waals surface area contributed by atoms with Gasteiger partial charge in [0.1, 0.15) is 11.4 Å². The lowest BCUT2D eigenvalue weighted by Gasteiger charge is -2.46. The van der Waals surface area contributed by atoms with E-state index in [1.807, 2.05) is 30.3 Å². The fraction of sp³-hybridized carbons (Fsp3) is 0.333. The SMILES string of the molecule is O=C1C[C@@H](c2cccc(Cl)c2)[C@]2(C(=O)Nc3cc(Cl)ccc32)[C@@H](c2ccc(ON3CCCC(S(=O)(=O)CO)C3)c(I)c2)N1. The number of fused-ring (bicyclic) bond motifs is 2. The molecule has 1 spiro atoms. The van der Waals surface area contributed by atoms with E-state index in [4.69, 9.17) is 28.0 Å². The van der Waals surface area contributed by atoms with Crippen LogP contribution in [0.3, 0.4) is 0 Å². The highest BCUT2D eigenvalue weighted by Crippen LogP contribution is 2.57. The van der Waals surface area contributed by atoms with Gasteiger partial charge in [0.15, 0.2) is 15.6 Å². The monoisotopic (exact) mass is 755 g/mol. The average molecular weight is 756 g/mol. The lowest BCUT2D eigenvalue weighted by Crippen LogP contribution is -2.56. The van der Waals surface area contributed by atoms with Crippen LogP contribution in [0.25, 0.3) is 0 Å². The van der Waals surface area contributed by atoms with Crippen LogP contribution < -0.4 is 15.5 Å². The molecule has 0 aromatic heterocycles. The number of anilines is 1. The van der Waals surface area contributed by atoms with Crippen LogP contribution in [0, 0.1) is 3.57 Å². The number of aliphatic hydroxyl groups is 1. The minimum atomic E-state index is -3.62. The molecule has 0 bridgehead atoms. The summed E-state index contributed by atoms with van der Waals surface area (Å²) in [5, 5.41) is 17.3. The van der Waals surface area contributed by atoms with Crippen molar-refractivity contribution in [3.05, 3.63) is 91.0 Å². The number of nitrogens with one attached hydrogen (secondary N) is 2. The summed E-state index contributed by atoms with van der Waals surface area (Å²) < 4.78 is 25.2. The van der Waals surface area contributed by atoms with E-state index in [1.165, 1.54) is 0 Å². The lowest BCUT2D eigenvalue weighted by atomic mass is 9.59. The maximum atomic E-state index is 14.2. The summed E-state index contributed by atoms with van der Waals surface area (Å²) >= 11 is 14.8. The standard InChI is InChI=1S/C30H28Cl2IN3O6S/c31-19-4-1-3-17(11-19)23-14-27(38)35-28(30(23)22-8-7-20(32)13-25(22)34-29(30)39)18-6-9-26(24(33)12-18)42-36-10-2-5-21(15-36)43(40,41)16-37/h1,3-4,6-9,11-13,21,23,28,37H,2,5,10,14-16H2,(H,34,39)(H,35,38)/t21?,23-,28+,30-/m0/s1. The molecule has 43 heavy (non-hydrogen) atoms. The average Bonchev–Trinajstić information content (AvgIpc) is 3.26. The number of halogens is 3. The number of benzene rings is 3. The van der Waals surface area contributed by atoms with Crippen molar-refractivity contribution in [2.45, 2.75) is 41.9 Å². The first-order valence-electron chi connectivity index (χ1n) is 13.7. The van der Waals surface area contributed by atoms with Crippen molar-refractivity contribution in [2.75, 3.05) is 24.3 Å². The van der Waals surface area contributed by atoms with Crippen molar-refractivity contribution in [3.8, 4) is 5.75 Å². The zero-order chi connectivity index (χ0) is 30.5. The van der Waals surface area contributed by atoms with Gasteiger partial charge < -0.3 is 20.6 Å². The topological polar surface area (TPSA) is 125 Å². The Morgan fingerprint density at radius 2 is 1.84 bits per heavy atom. The summed E-state index contributed by atoms with van der Waals surface area (Å²) in [4.78, 5) is 33.6. The molecule has 0 saturated carbocycles. The van der Waals surface area contributed by atoms with Gasteiger partial charge in [-0.05, 0) is 88.5 Å². The van der Waals surface area contributed by atoms with Crippen LogP contribution >= 0.6 is 45.8 Å². The molecular weight excluding hydrogens is 728 g/mol. The third kappa shape index (κ3) is 5.53. The summed E-state index contributed by atoms with van der Waals surface area (Å²) in [5.41, 5.74) is 1.60. The minimum absolute atomic E-state index is 0.0808. The van der Waals surface area contributed by atoms with Gasteiger partial charge in [-0.2, -0.15) is 0 Å². The van der Waals surface area contributed by atoms with E-state index in [0.29, 0.717) is 50.0 Å². The van der Waals surface area contributed by atoms with Gasteiger partial charge in [-0.15, -0.1) is 5.06 Å². The zero-order valence-electron chi connectivity index (χ0n) is 22.7. The van der Waals surface area contributed by atoms with Gasteiger partial charge in [0.25, 0.3) is 0 Å². The van der Waals surface area contributed by atoms with Gasteiger partial charge >= 0.3 is 0 Å². The van der Waals surface area contributed by atoms with Gasteiger partial charge in [-0.25, -0.2) is 8.42 Å². The molecule has 0 radical (unpaired) electrons. The maximum absolute atomic E-state index is 14.2. The number of sulfone groups is 1. The predicted octanol–water partition coefficient (Wildman–Crippen LogP) is 4.96. The van der Waals surface area contributed by atoms with E-state index in [1.54, 1.807) is 35.4 Å². The van der Waals surface area contributed by atoms with Crippen LogP contribution in [0.4, 0.5) is 5.69 Å². The van der Waals surface area contributed by atoms with E-state index in [-0.39, 0.29) is 24.8 Å². The number of piperidine rings is 2. The summed E-state index contributed by atoms with van der Waals surface area (Å²) in [6.45, 7) is 0.682. The summed E-state index contributed by atoms with van der Waals surface area (Å²) in [6.07, 6.45) is 1.15. The molecule has 3 aromatic rings. The molecular formula is C30H28Cl2IN3O6S. The highest BCUT2D eigenvalue weighted by Gasteiger charge is 2.61. The van der Waals surface area contributed by atoms with Crippen LogP contribution in [-0.4, -0.2) is 54.7 Å². The number of hydrogen-bond acceptors (Lipinski definition) is 7. The van der Waals surface area contributed by atoms with Crippen LogP contribution in [0.15, 0.2) is 60.7 Å². The zero-order valence-corrected chi connectivity index (χ0v) is 27.2. The van der Waals surface area contributed by atoms with Gasteiger partial charge in [-0.3, -0.25) is 9.59 Å². The number of rotatable bonds is 6. The molecule has 1 unspecified atom stereocenters. The molecule has 3 aliphatic rings. The van der Waals surface area contributed by atoms with E-state index in [2.05, 4.69) is 33.2 Å². The van der Waals surface area contributed by atoms with E-state index >= 15 is 0 Å². The molecule has 13 heteroatoms. The van der Waals surface area contributed by atoms with Crippen molar-refractivity contribution < 1.29 is 28.0 Å². The van der Waals surface area contributed by atoms with Crippen molar-refractivity contribution in [3.63, 3.8) is 0 Å². The molecule has 0 aliphatic carbocycles. The van der Waals surface area contributed by atoms with Crippen LogP contribution in [0.1, 0.15) is 47.9 Å². The van der Waals surface area contributed by atoms with Gasteiger partial charge in [-0.1, -0.05) is 47.5 Å². The first kappa shape index (κ1) is 30.6. The molecule has 6 rings (SSSR count). The number of carbonyl (C=O) groups is 2. The summed E-state index contributed by atoms with van der Waals surface area (Å²) in [5.74, 6) is -1.36. The fourth-order valence-corrected chi connectivity index (χ4v) is 8.73. The molecule has 3 aliphatic heterocycles. The van der Waals surface area contributed by atoms with Gasteiger partial charge in [0.2, 0.25) is 11.8 Å². The Morgan fingerprint density at radius 3 is 2.58 bits per heavy atom. The third-order valence-corrected chi connectivity index (χ3v) is 11.6. The largest absolute Gasteiger partial charge is 0.405 e. The van der Waals surface area contributed by atoms with Crippen molar-refractivity contribution >= 4 is 73.1 Å². The number of carbonyl (C=O) groups excluding carboxylic acids is 2. The molecule has 2 fully saturated rings.